The molecule has 7 heteroatoms. The molecule has 0 unspecified atom stereocenters. The molecule has 3 aliphatic rings. The van der Waals surface area contributed by atoms with Crippen molar-refractivity contribution in [1.29, 1.82) is 0 Å². The van der Waals surface area contributed by atoms with Gasteiger partial charge in [-0.15, -0.1) is 0 Å². The topological polar surface area (TPSA) is 81.8 Å². The number of piperidine rings is 1. The molecule has 0 bridgehead atoms. The lowest BCUT2D eigenvalue weighted by Crippen LogP contribution is -2.51. The molecule has 2 saturated heterocycles. The fourth-order valence-corrected chi connectivity index (χ4v) is 5.05. The van der Waals surface area contributed by atoms with Gasteiger partial charge >= 0.3 is 6.03 Å². The highest BCUT2D eigenvalue weighted by molar-refractivity contribution is 6.09. The minimum atomic E-state index is -0.793. The van der Waals surface area contributed by atoms with Crippen molar-refractivity contribution in [3.05, 3.63) is 0 Å². The largest absolute Gasteiger partial charge is 0.341 e. The number of nitrogens with one attached hydrogen (secondary N) is 2. The normalized spacial score (nSPS) is 29.5. The zero-order valence-corrected chi connectivity index (χ0v) is 17.8. The Hall–Kier alpha value is -1.63. The summed E-state index contributed by atoms with van der Waals surface area (Å²) < 4.78 is 0. The van der Waals surface area contributed by atoms with Crippen LogP contribution in [-0.2, 0) is 9.59 Å². The number of hydrogen-bond donors (Lipinski definition) is 2. The Balaban J connectivity index is 1.57. The van der Waals surface area contributed by atoms with Crippen molar-refractivity contribution in [1.82, 2.24) is 20.4 Å². The average molecular weight is 393 g/mol. The highest BCUT2D eigenvalue weighted by atomic mass is 16.2. The second-order valence-corrected chi connectivity index (χ2v) is 9.93. The molecule has 1 spiro atoms. The molecule has 2 aliphatic heterocycles. The number of carbonyl (C=O) groups excluding carboxylic acids is 3. The first-order valence-corrected chi connectivity index (χ1v) is 10.7. The van der Waals surface area contributed by atoms with Gasteiger partial charge < -0.3 is 15.5 Å². The summed E-state index contributed by atoms with van der Waals surface area (Å²) in [5.74, 6) is 0.819. The third-order valence-corrected chi connectivity index (χ3v) is 7.06. The molecule has 0 radical (unpaired) electrons. The standard InChI is InChI=1S/C21H36N4O3/c1-20(2,3)16-5-9-21(10-6-16)18(27)25(19(28)23-21)14-17(26)24-11-7-15(8-12-24)13-22-4/h15-16,22H,5-14H2,1-4H3,(H,23,28). The van der Waals surface area contributed by atoms with E-state index in [-0.39, 0.29) is 23.8 Å². The fourth-order valence-electron chi connectivity index (χ4n) is 5.05. The van der Waals surface area contributed by atoms with E-state index in [2.05, 4.69) is 31.4 Å². The van der Waals surface area contributed by atoms with E-state index in [1.54, 1.807) is 4.90 Å². The molecule has 4 amide bonds. The summed E-state index contributed by atoms with van der Waals surface area (Å²) in [4.78, 5) is 41.2. The number of likely N-dealkylation sites (tertiary alicyclic amines) is 1. The van der Waals surface area contributed by atoms with Gasteiger partial charge in [0.1, 0.15) is 12.1 Å². The maximum absolute atomic E-state index is 13.1. The molecule has 0 aromatic heterocycles. The third kappa shape index (κ3) is 4.19. The Labute approximate surface area is 168 Å². The van der Waals surface area contributed by atoms with Crippen molar-refractivity contribution in [2.45, 2.75) is 64.8 Å². The molecule has 7 nitrogen and oxygen atoms in total. The van der Waals surface area contributed by atoms with Gasteiger partial charge in [0.2, 0.25) is 5.91 Å². The van der Waals surface area contributed by atoms with Crippen LogP contribution in [-0.4, -0.2) is 66.4 Å². The molecule has 3 rings (SSSR count). The van der Waals surface area contributed by atoms with Crippen LogP contribution < -0.4 is 10.6 Å². The number of hydrogen-bond acceptors (Lipinski definition) is 4. The second-order valence-electron chi connectivity index (χ2n) is 9.93. The molecule has 1 saturated carbocycles. The molecule has 0 atom stereocenters. The summed E-state index contributed by atoms with van der Waals surface area (Å²) in [6.45, 7) is 8.93. The first kappa shape index (κ1) is 21.1. The summed E-state index contributed by atoms with van der Waals surface area (Å²) in [5, 5.41) is 6.12. The lowest BCUT2D eigenvalue weighted by molar-refractivity contribution is -0.140. The smallest absolute Gasteiger partial charge is 0.325 e. The van der Waals surface area contributed by atoms with Crippen LogP contribution in [0.2, 0.25) is 0 Å². The third-order valence-electron chi connectivity index (χ3n) is 7.06. The van der Waals surface area contributed by atoms with Crippen molar-refractivity contribution >= 4 is 17.8 Å². The van der Waals surface area contributed by atoms with Gasteiger partial charge in [-0.05, 0) is 69.4 Å². The first-order chi connectivity index (χ1) is 13.2. The molecule has 0 aromatic carbocycles. The summed E-state index contributed by atoms with van der Waals surface area (Å²) in [7, 11) is 1.94. The second kappa shape index (κ2) is 8.01. The van der Waals surface area contributed by atoms with E-state index in [9.17, 15) is 14.4 Å². The molecule has 1 aliphatic carbocycles. The zero-order chi connectivity index (χ0) is 20.5. The Kier molecular flexibility index (Phi) is 6.03. The molecule has 2 heterocycles. The van der Waals surface area contributed by atoms with Crippen LogP contribution in [0.4, 0.5) is 4.79 Å². The number of imide groups is 1. The van der Waals surface area contributed by atoms with E-state index in [1.165, 1.54) is 0 Å². The first-order valence-electron chi connectivity index (χ1n) is 10.7. The van der Waals surface area contributed by atoms with Crippen LogP contribution in [0.3, 0.4) is 0 Å². The Morgan fingerprint density at radius 2 is 1.75 bits per heavy atom. The van der Waals surface area contributed by atoms with Gasteiger partial charge in [-0.25, -0.2) is 4.79 Å². The van der Waals surface area contributed by atoms with Crippen molar-refractivity contribution < 1.29 is 14.4 Å². The minimum absolute atomic E-state index is 0.119. The number of carbonyl (C=O) groups is 3. The number of amides is 4. The fraction of sp³-hybridized carbons (Fsp3) is 0.857. The monoisotopic (exact) mass is 392 g/mol. The van der Waals surface area contributed by atoms with Crippen molar-refractivity contribution in [3.8, 4) is 0 Å². The van der Waals surface area contributed by atoms with Crippen LogP contribution in [0.1, 0.15) is 59.3 Å². The molecular formula is C21H36N4O3. The summed E-state index contributed by atoms with van der Waals surface area (Å²) >= 11 is 0. The van der Waals surface area contributed by atoms with Gasteiger partial charge in [-0.3, -0.25) is 14.5 Å². The van der Waals surface area contributed by atoms with Crippen molar-refractivity contribution in [3.63, 3.8) is 0 Å². The predicted molar refractivity (Wildman–Crippen MR) is 108 cm³/mol. The van der Waals surface area contributed by atoms with Gasteiger partial charge in [-0.2, -0.15) is 0 Å². The lowest BCUT2D eigenvalue weighted by Gasteiger charge is -2.40. The maximum Gasteiger partial charge on any atom is 0.325 e. The highest BCUT2D eigenvalue weighted by Crippen LogP contribution is 2.43. The van der Waals surface area contributed by atoms with E-state index in [1.807, 2.05) is 7.05 Å². The van der Waals surface area contributed by atoms with Gasteiger partial charge in [-0.1, -0.05) is 20.8 Å². The SMILES string of the molecule is CNCC1CCN(C(=O)CN2C(=O)NC3(CCC(C(C)(C)C)CC3)C2=O)CC1. The quantitative estimate of drug-likeness (QED) is 0.717. The Morgan fingerprint density at radius 3 is 2.29 bits per heavy atom. The Bertz CT molecular complexity index is 612. The van der Waals surface area contributed by atoms with Gasteiger partial charge in [0, 0.05) is 13.1 Å². The van der Waals surface area contributed by atoms with E-state index in [0.717, 1.165) is 37.1 Å². The maximum atomic E-state index is 13.1. The molecule has 28 heavy (non-hydrogen) atoms. The number of rotatable bonds is 4. The molecule has 3 fully saturated rings. The summed E-state index contributed by atoms with van der Waals surface area (Å²) in [6, 6.07) is -0.405. The van der Waals surface area contributed by atoms with Gasteiger partial charge in [0.25, 0.3) is 5.91 Å². The van der Waals surface area contributed by atoms with E-state index in [4.69, 9.17) is 0 Å². The highest BCUT2D eigenvalue weighted by Gasteiger charge is 2.53. The van der Waals surface area contributed by atoms with Gasteiger partial charge in [0.15, 0.2) is 0 Å². The summed E-state index contributed by atoms with van der Waals surface area (Å²) in [5.41, 5.74) is -0.582. The van der Waals surface area contributed by atoms with Crippen LogP contribution in [0.15, 0.2) is 0 Å². The molecule has 158 valence electrons. The average Bonchev–Trinajstić information content (AvgIpc) is 2.86. The van der Waals surface area contributed by atoms with Crippen molar-refractivity contribution in [2.75, 3.05) is 33.2 Å². The van der Waals surface area contributed by atoms with Crippen LogP contribution in [0, 0.1) is 17.3 Å². The molecule has 2 N–H and O–H groups in total. The number of urea groups is 1. The molecule has 0 aromatic rings. The van der Waals surface area contributed by atoms with Crippen LogP contribution >= 0.6 is 0 Å². The molecular weight excluding hydrogens is 356 g/mol. The van der Waals surface area contributed by atoms with Gasteiger partial charge in [0.05, 0.1) is 0 Å². The zero-order valence-electron chi connectivity index (χ0n) is 17.8. The number of nitrogens with zero attached hydrogens (tertiary/aromatic N) is 2. The Morgan fingerprint density at radius 1 is 1.14 bits per heavy atom. The summed E-state index contributed by atoms with van der Waals surface area (Å²) in [6.07, 6.45) is 5.11. The van der Waals surface area contributed by atoms with E-state index in [0.29, 0.717) is 37.8 Å². The van der Waals surface area contributed by atoms with Crippen LogP contribution in [0.25, 0.3) is 0 Å². The predicted octanol–water partition coefficient (Wildman–Crippen LogP) is 1.97. The lowest BCUT2D eigenvalue weighted by atomic mass is 9.67. The van der Waals surface area contributed by atoms with E-state index >= 15 is 0 Å². The minimum Gasteiger partial charge on any atom is -0.341 e. The van der Waals surface area contributed by atoms with E-state index < -0.39 is 11.6 Å². The van der Waals surface area contributed by atoms with Crippen LogP contribution in [0.5, 0.6) is 0 Å². The van der Waals surface area contributed by atoms with Crippen molar-refractivity contribution in [2.24, 2.45) is 17.3 Å².